The molecule has 0 fully saturated rings. The summed E-state index contributed by atoms with van der Waals surface area (Å²) in [6, 6.07) is 9.35. The highest BCUT2D eigenvalue weighted by Crippen LogP contribution is 2.14. The van der Waals surface area contributed by atoms with Crippen LogP contribution in [0.25, 0.3) is 5.65 Å². The molecule has 0 saturated heterocycles. The van der Waals surface area contributed by atoms with E-state index in [1.54, 1.807) is 19.1 Å². The highest BCUT2D eigenvalue weighted by molar-refractivity contribution is 6.30. The van der Waals surface area contributed by atoms with E-state index in [1.165, 1.54) is 10.7 Å². The van der Waals surface area contributed by atoms with Crippen molar-refractivity contribution < 1.29 is 0 Å². The number of fused-ring (bicyclic) bond motifs is 1. The molecule has 21 heavy (non-hydrogen) atoms. The monoisotopic (exact) mass is 298 g/mol. The molecule has 6 heteroatoms. The van der Waals surface area contributed by atoms with Crippen LogP contribution in [0, 0.1) is 18.3 Å². The van der Waals surface area contributed by atoms with Crippen LogP contribution in [0.2, 0.25) is 5.02 Å². The fourth-order valence-corrected chi connectivity index (χ4v) is 2.37. The molecule has 0 saturated carbocycles. The normalized spacial score (nSPS) is 10.7. The number of rotatable bonds is 2. The molecule has 5 nitrogen and oxygen atoms in total. The Hall–Kier alpha value is -2.58. The molecule has 0 radical (unpaired) electrons. The van der Waals surface area contributed by atoms with Crippen LogP contribution < -0.4 is 5.56 Å². The van der Waals surface area contributed by atoms with Gasteiger partial charge in [0.05, 0.1) is 0 Å². The molecule has 0 unspecified atom stereocenters. The van der Waals surface area contributed by atoms with Gasteiger partial charge in [0.1, 0.15) is 11.6 Å². The minimum Gasteiger partial charge on any atom is -0.295 e. The van der Waals surface area contributed by atoms with Crippen molar-refractivity contribution in [2.45, 2.75) is 13.3 Å². The quantitative estimate of drug-likeness (QED) is 0.789. The first-order valence-electron chi connectivity index (χ1n) is 6.34. The zero-order valence-electron chi connectivity index (χ0n) is 11.2. The predicted molar refractivity (Wildman–Crippen MR) is 79.5 cm³/mol. The number of nitrogens with one attached hydrogen (secondary N) is 1. The van der Waals surface area contributed by atoms with Crippen LogP contribution in [0.15, 0.2) is 35.3 Å². The molecule has 0 aliphatic rings. The maximum atomic E-state index is 12.5. The Morgan fingerprint density at radius 1 is 1.38 bits per heavy atom. The molecule has 0 bridgehead atoms. The van der Waals surface area contributed by atoms with E-state index in [0.29, 0.717) is 33.9 Å². The standard InChI is InChI=1S/C15H11ClN4O/c1-9-13(6-10-2-4-12(16)5-3-10)15(21)20-14(19-9)11(7-17)8-18-20/h2-5,8,18H,6H2,1H3. The van der Waals surface area contributed by atoms with E-state index < -0.39 is 0 Å². The summed E-state index contributed by atoms with van der Waals surface area (Å²) in [5.74, 6) is 0. The summed E-state index contributed by atoms with van der Waals surface area (Å²) in [5, 5.41) is 12.4. The second kappa shape index (κ2) is 5.08. The summed E-state index contributed by atoms with van der Waals surface area (Å²) in [5.41, 5.74) is 2.74. The Balaban J connectivity index is 2.13. The molecule has 2 aromatic heterocycles. The minimum absolute atomic E-state index is 0.186. The van der Waals surface area contributed by atoms with Gasteiger partial charge in [-0.15, -0.1) is 0 Å². The third-order valence-electron chi connectivity index (χ3n) is 3.38. The zero-order chi connectivity index (χ0) is 15.0. The lowest BCUT2D eigenvalue weighted by Gasteiger charge is -2.06. The van der Waals surface area contributed by atoms with Crippen LogP contribution >= 0.6 is 11.6 Å². The number of halogens is 1. The van der Waals surface area contributed by atoms with E-state index in [-0.39, 0.29) is 5.56 Å². The Bertz CT molecular complexity index is 916. The van der Waals surface area contributed by atoms with Crippen molar-refractivity contribution in [3.8, 4) is 6.07 Å². The zero-order valence-corrected chi connectivity index (χ0v) is 12.0. The lowest BCUT2D eigenvalue weighted by molar-refractivity contribution is 0.859. The molecule has 0 aliphatic carbocycles. The maximum absolute atomic E-state index is 12.5. The number of nitriles is 1. The van der Waals surface area contributed by atoms with Gasteiger partial charge in [-0.3, -0.25) is 9.89 Å². The third kappa shape index (κ3) is 2.30. The number of aryl methyl sites for hydroxylation is 1. The van der Waals surface area contributed by atoms with E-state index in [4.69, 9.17) is 16.9 Å². The van der Waals surface area contributed by atoms with Crippen molar-refractivity contribution in [2.75, 3.05) is 0 Å². The SMILES string of the molecule is Cc1nc2c(C#N)c[nH]n2c(=O)c1Cc1ccc(Cl)cc1. The Labute approximate surface area is 125 Å². The van der Waals surface area contributed by atoms with Gasteiger partial charge in [-0.1, -0.05) is 23.7 Å². The van der Waals surface area contributed by atoms with E-state index >= 15 is 0 Å². The van der Waals surface area contributed by atoms with Gasteiger partial charge in [0, 0.05) is 28.9 Å². The second-order valence-electron chi connectivity index (χ2n) is 4.74. The van der Waals surface area contributed by atoms with Crippen molar-refractivity contribution in [1.29, 1.82) is 5.26 Å². The van der Waals surface area contributed by atoms with Crippen LogP contribution in [0.3, 0.4) is 0 Å². The van der Waals surface area contributed by atoms with Crippen molar-refractivity contribution >= 4 is 17.2 Å². The van der Waals surface area contributed by atoms with Crippen molar-refractivity contribution in [2.24, 2.45) is 0 Å². The van der Waals surface area contributed by atoms with Crippen LogP contribution in [-0.2, 0) is 6.42 Å². The fourth-order valence-electron chi connectivity index (χ4n) is 2.25. The Kier molecular flexibility index (Phi) is 3.24. The first-order chi connectivity index (χ1) is 10.1. The average Bonchev–Trinajstić information content (AvgIpc) is 2.88. The highest BCUT2D eigenvalue weighted by atomic mass is 35.5. The van der Waals surface area contributed by atoms with Gasteiger partial charge in [-0.2, -0.15) is 5.26 Å². The number of H-pyrrole nitrogens is 1. The van der Waals surface area contributed by atoms with Crippen molar-refractivity contribution in [1.82, 2.24) is 14.6 Å². The van der Waals surface area contributed by atoms with Crippen molar-refractivity contribution in [3.63, 3.8) is 0 Å². The first kappa shape index (κ1) is 13.4. The van der Waals surface area contributed by atoms with Crippen molar-refractivity contribution in [3.05, 3.63) is 68.2 Å². The Morgan fingerprint density at radius 3 is 2.76 bits per heavy atom. The highest BCUT2D eigenvalue weighted by Gasteiger charge is 2.14. The average molecular weight is 299 g/mol. The summed E-state index contributed by atoms with van der Waals surface area (Å²) in [4.78, 5) is 16.9. The largest absolute Gasteiger partial charge is 0.295 e. The predicted octanol–water partition coefficient (Wildman–Crippen LogP) is 2.45. The molecule has 0 aliphatic heterocycles. The molecule has 0 atom stereocenters. The molecule has 3 aromatic rings. The summed E-state index contributed by atoms with van der Waals surface area (Å²) >= 11 is 5.86. The second-order valence-corrected chi connectivity index (χ2v) is 5.18. The van der Waals surface area contributed by atoms with Gasteiger partial charge >= 0.3 is 0 Å². The molecule has 1 aromatic carbocycles. The van der Waals surface area contributed by atoms with Crippen LogP contribution in [0.4, 0.5) is 0 Å². The maximum Gasteiger partial charge on any atom is 0.276 e. The summed E-state index contributed by atoms with van der Waals surface area (Å²) in [6.45, 7) is 1.78. The van der Waals surface area contributed by atoms with Crippen LogP contribution in [0.1, 0.15) is 22.4 Å². The lowest BCUT2D eigenvalue weighted by Crippen LogP contribution is -2.22. The smallest absolute Gasteiger partial charge is 0.276 e. The van der Waals surface area contributed by atoms with Gasteiger partial charge in [-0.05, 0) is 24.6 Å². The number of hydrogen-bond acceptors (Lipinski definition) is 3. The molecule has 1 N–H and O–H groups in total. The lowest BCUT2D eigenvalue weighted by atomic mass is 10.1. The molecular weight excluding hydrogens is 288 g/mol. The van der Waals surface area contributed by atoms with Gasteiger partial charge in [-0.25, -0.2) is 9.50 Å². The van der Waals surface area contributed by atoms with E-state index in [0.717, 1.165) is 5.56 Å². The molecule has 0 amide bonds. The molecule has 3 rings (SSSR count). The summed E-state index contributed by atoms with van der Waals surface area (Å²) < 4.78 is 1.30. The van der Waals surface area contributed by atoms with E-state index in [1.807, 2.05) is 18.2 Å². The van der Waals surface area contributed by atoms with Crippen LogP contribution in [-0.4, -0.2) is 14.6 Å². The number of aromatic nitrogens is 3. The molecule has 104 valence electrons. The number of benzene rings is 1. The van der Waals surface area contributed by atoms with Gasteiger partial charge in [0.15, 0.2) is 5.65 Å². The fraction of sp³-hybridized carbons (Fsp3) is 0.133. The topological polar surface area (TPSA) is 73.9 Å². The number of nitrogens with zero attached hydrogens (tertiary/aromatic N) is 3. The molecular formula is C15H11ClN4O. The number of aromatic amines is 1. The first-order valence-corrected chi connectivity index (χ1v) is 6.72. The molecule has 2 heterocycles. The minimum atomic E-state index is -0.186. The number of hydrogen-bond donors (Lipinski definition) is 1. The van der Waals surface area contributed by atoms with E-state index in [2.05, 4.69) is 10.1 Å². The summed E-state index contributed by atoms with van der Waals surface area (Å²) in [7, 11) is 0. The van der Waals surface area contributed by atoms with Crippen LogP contribution in [0.5, 0.6) is 0 Å². The molecule has 0 spiro atoms. The Morgan fingerprint density at radius 2 is 2.10 bits per heavy atom. The van der Waals surface area contributed by atoms with Gasteiger partial charge in [0.25, 0.3) is 5.56 Å². The summed E-state index contributed by atoms with van der Waals surface area (Å²) in [6.07, 6.45) is 1.95. The van der Waals surface area contributed by atoms with Gasteiger partial charge in [0.2, 0.25) is 0 Å². The van der Waals surface area contributed by atoms with Gasteiger partial charge < -0.3 is 0 Å². The third-order valence-corrected chi connectivity index (χ3v) is 3.63. The van der Waals surface area contributed by atoms with E-state index in [9.17, 15) is 4.79 Å².